The number of benzene rings is 2. The fourth-order valence-electron chi connectivity index (χ4n) is 4.06. The average Bonchev–Trinajstić information content (AvgIpc) is 3.41. The van der Waals surface area contributed by atoms with Gasteiger partial charge in [-0.3, -0.25) is 4.79 Å². The molecule has 1 saturated heterocycles. The molecule has 0 bridgehead atoms. The smallest absolute Gasteiger partial charge is 0.276 e. The van der Waals surface area contributed by atoms with Crippen LogP contribution in [0.4, 0.5) is 0 Å². The summed E-state index contributed by atoms with van der Waals surface area (Å²) < 4.78 is 1.65. The molecular formula is C23H24N6O. The van der Waals surface area contributed by atoms with E-state index in [4.69, 9.17) is 0 Å². The highest BCUT2D eigenvalue weighted by molar-refractivity contribution is 5.92. The minimum atomic E-state index is -0.0458. The van der Waals surface area contributed by atoms with Crippen molar-refractivity contribution in [1.82, 2.24) is 29.9 Å². The van der Waals surface area contributed by atoms with Crippen LogP contribution >= 0.6 is 0 Å². The number of amides is 1. The second kappa shape index (κ2) is 7.74. The molecule has 7 heteroatoms. The molecule has 3 heterocycles. The molecule has 1 amide bonds. The van der Waals surface area contributed by atoms with Crippen LogP contribution in [0.3, 0.4) is 0 Å². The highest BCUT2D eigenvalue weighted by Gasteiger charge is 2.26. The number of carbonyl (C=O) groups is 1. The van der Waals surface area contributed by atoms with Crippen molar-refractivity contribution < 1.29 is 4.79 Å². The Kier molecular flexibility index (Phi) is 4.78. The summed E-state index contributed by atoms with van der Waals surface area (Å²) in [5, 5.41) is 8.24. The third-order valence-corrected chi connectivity index (χ3v) is 5.83. The van der Waals surface area contributed by atoms with Gasteiger partial charge in [-0.05, 0) is 49.9 Å². The summed E-state index contributed by atoms with van der Waals surface area (Å²) in [5.74, 6) is 1.51. The fourth-order valence-corrected chi connectivity index (χ4v) is 4.06. The quantitative estimate of drug-likeness (QED) is 0.568. The molecule has 0 radical (unpaired) electrons. The number of carbonyl (C=O) groups excluding carboxylic acids is 1. The van der Waals surface area contributed by atoms with Crippen LogP contribution in [0.5, 0.6) is 0 Å². The average molecular weight is 400 g/mol. The van der Waals surface area contributed by atoms with Crippen LogP contribution in [-0.4, -0.2) is 48.9 Å². The zero-order valence-corrected chi connectivity index (χ0v) is 17.0. The summed E-state index contributed by atoms with van der Waals surface area (Å²) in [6, 6.07) is 16.1. The number of hydrogen-bond acceptors (Lipinski definition) is 4. The van der Waals surface area contributed by atoms with Gasteiger partial charge < -0.3 is 9.88 Å². The maximum Gasteiger partial charge on any atom is 0.276 e. The van der Waals surface area contributed by atoms with Crippen LogP contribution in [0.2, 0.25) is 0 Å². The highest BCUT2D eigenvalue weighted by atomic mass is 16.2. The number of imidazole rings is 1. The maximum absolute atomic E-state index is 12.9. The lowest BCUT2D eigenvalue weighted by Gasteiger charge is -2.31. The van der Waals surface area contributed by atoms with Crippen LogP contribution < -0.4 is 0 Å². The van der Waals surface area contributed by atoms with Crippen LogP contribution in [-0.2, 0) is 6.42 Å². The van der Waals surface area contributed by atoms with Crippen LogP contribution in [0.1, 0.15) is 34.7 Å². The van der Waals surface area contributed by atoms with Gasteiger partial charge in [-0.25, -0.2) is 9.67 Å². The van der Waals surface area contributed by atoms with Gasteiger partial charge in [0.2, 0.25) is 0 Å². The first kappa shape index (κ1) is 18.5. The van der Waals surface area contributed by atoms with E-state index in [-0.39, 0.29) is 5.91 Å². The zero-order chi connectivity index (χ0) is 20.5. The summed E-state index contributed by atoms with van der Waals surface area (Å²) in [6.45, 7) is 3.51. The number of aryl methyl sites for hydroxylation is 1. The summed E-state index contributed by atoms with van der Waals surface area (Å²) in [5.41, 5.74) is 4.57. The van der Waals surface area contributed by atoms with Crippen molar-refractivity contribution in [1.29, 1.82) is 0 Å². The molecule has 1 fully saturated rings. The molecule has 152 valence electrons. The standard InChI is InChI=1S/C23H24N6O/c1-16-6-8-18(9-7-16)29-15-21(26-27-29)23(30)28-12-10-17(11-13-28)14-22-24-19-4-2-3-5-20(19)25-22/h2-9,15,17H,10-14H2,1H3,(H,24,25). The first-order chi connectivity index (χ1) is 14.7. The van der Waals surface area contributed by atoms with E-state index < -0.39 is 0 Å². The van der Waals surface area contributed by atoms with Crippen LogP contribution in [0.25, 0.3) is 16.7 Å². The Bertz CT molecular complexity index is 1130. The molecule has 5 rings (SSSR count). The summed E-state index contributed by atoms with van der Waals surface area (Å²) in [4.78, 5) is 22.9. The normalized spacial score (nSPS) is 15.0. The summed E-state index contributed by atoms with van der Waals surface area (Å²) >= 11 is 0. The second-order valence-electron chi connectivity index (χ2n) is 8.02. The summed E-state index contributed by atoms with van der Waals surface area (Å²) in [6.07, 6.45) is 4.57. The first-order valence-corrected chi connectivity index (χ1v) is 10.4. The molecule has 0 unspecified atom stereocenters. The van der Waals surface area contributed by atoms with Crippen molar-refractivity contribution in [3.05, 3.63) is 71.8 Å². The molecule has 2 aromatic heterocycles. The number of likely N-dealkylation sites (tertiary alicyclic amines) is 1. The molecule has 7 nitrogen and oxygen atoms in total. The van der Waals surface area contributed by atoms with E-state index in [1.807, 2.05) is 54.3 Å². The maximum atomic E-state index is 12.9. The minimum absolute atomic E-state index is 0.0458. The molecule has 0 saturated carbocycles. The van der Waals surface area contributed by atoms with Gasteiger partial charge in [-0.2, -0.15) is 0 Å². The molecule has 1 aliphatic heterocycles. The number of rotatable bonds is 4. The zero-order valence-electron chi connectivity index (χ0n) is 17.0. The molecule has 30 heavy (non-hydrogen) atoms. The van der Waals surface area contributed by atoms with E-state index in [2.05, 4.69) is 26.3 Å². The number of hydrogen-bond donors (Lipinski definition) is 1. The van der Waals surface area contributed by atoms with Crippen molar-refractivity contribution >= 4 is 16.9 Å². The Hall–Kier alpha value is -3.48. The molecule has 0 atom stereocenters. The Morgan fingerprint density at radius 2 is 1.87 bits per heavy atom. The third-order valence-electron chi connectivity index (χ3n) is 5.83. The SMILES string of the molecule is Cc1ccc(-n2cc(C(=O)N3CCC(Cc4nc5ccccc5[nH]4)CC3)nn2)cc1. The number of H-pyrrole nitrogens is 1. The van der Waals surface area contributed by atoms with Crippen molar-refractivity contribution in [2.45, 2.75) is 26.2 Å². The van der Waals surface area contributed by atoms with Gasteiger partial charge in [0.15, 0.2) is 5.69 Å². The number of aromatic amines is 1. The predicted molar refractivity (Wildman–Crippen MR) is 115 cm³/mol. The minimum Gasteiger partial charge on any atom is -0.342 e. The fraction of sp³-hybridized carbons (Fsp3) is 0.304. The molecular weight excluding hydrogens is 376 g/mol. The Morgan fingerprint density at radius 3 is 2.63 bits per heavy atom. The van der Waals surface area contributed by atoms with Crippen molar-refractivity contribution in [2.75, 3.05) is 13.1 Å². The molecule has 1 N–H and O–H groups in total. The van der Waals surface area contributed by atoms with Gasteiger partial charge in [-0.15, -0.1) is 5.10 Å². The van der Waals surface area contributed by atoms with E-state index in [9.17, 15) is 4.79 Å². The largest absolute Gasteiger partial charge is 0.342 e. The molecule has 0 aliphatic carbocycles. The third kappa shape index (κ3) is 3.70. The number of nitrogens with one attached hydrogen (secondary N) is 1. The highest BCUT2D eigenvalue weighted by Crippen LogP contribution is 2.23. The number of para-hydroxylation sites is 2. The van der Waals surface area contributed by atoms with E-state index in [1.54, 1.807) is 10.9 Å². The van der Waals surface area contributed by atoms with Crippen LogP contribution in [0, 0.1) is 12.8 Å². The van der Waals surface area contributed by atoms with Crippen molar-refractivity contribution in [3.8, 4) is 5.69 Å². The van der Waals surface area contributed by atoms with Gasteiger partial charge in [0.1, 0.15) is 5.82 Å². The Morgan fingerprint density at radius 1 is 1.10 bits per heavy atom. The Labute approximate surface area is 174 Å². The van der Waals surface area contributed by atoms with Gasteiger partial charge >= 0.3 is 0 Å². The lowest BCUT2D eigenvalue weighted by molar-refractivity contribution is 0.0684. The van der Waals surface area contributed by atoms with Crippen molar-refractivity contribution in [3.63, 3.8) is 0 Å². The van der Waals surface area contributed by atoms with Crippen LogP contribution in [0.15, 0.2) is 54.7 Å². The summed E-state index contributed by atoms with van der Waals surface area (Å²) in [7, 11) is 0. The first-order valence-electron chi connectivity index (χ1n) is 10.4. The lowest BCUT2D eigenvalue weighted by Crippen LogP contribution is -2.39. The van der Waals surface area contributed by atoms with E-state index >= 15 is 0 Å². The number of piperidine rings is 1. The monoisotopic (exact) mass is 400 g/mol. The van der Waals surface area contributed by atoms with Gasteiger partial charge in [0.05, 0.1) is 22.9 Å². The lowest BCUT2D eigenvalue weighted by atomic mass is 9.93. The van der Waals surface area contributed by atoms with E-state index in [0.717, 1.165) is 54.9 Å². The second-order valence-corrected chi connectivity index (χ2v) is 8.02. The van der Waals surface area contributed by atoms with E-state index in [1.165, 1.54) is 5.56 Å². The van der Waals surface area contributed by atoms with Crippen molar-refractivity contribution in [2.24, 2.45) is 5.92 Å². The predicted octanol–water partition coefficient (Wildman–Crippen LogP) is 3.55. The molecule has 0 spiro atoms. The topological polar surface area (TPSA) is 79.7 Å². The van der Waals surface area contributed by atoms with Gasteiger partial charge in [-0.1, -0.05) is 35.0 Å². The molecule has 1 aliphatic rings. The Balaban J connectivity index is 1.20. The van der Waals surface area contributed by atoms with E-state index in [0.29, 0.717) is 11.6 Å². The number of fused-ring (bicyclic) bond motifs is 1. The number of nitrogens with zero attached hydrogens (tertiary/aromatic N) is 5. The molecule has 2 aromatic carbocycles. The number of aromatic nitrogens is 5. The van der Waals surface area contributed by atoms with Gasteiger partial charge in [0, 0.05) is 19.5 Å². The van der Waals surface area contributed by atoms with Gasteiger partial charge in [0.25, 0.3) is 5.91 Å². The molecule has 4 aromatic rings.